The molecular formula is C21H24ClN5O. The van der Waals surface area contributed by atoms with Gasteiger partial charge in [-0.15, -0.1) is 0 Å². The van der Waals surface area contributed by atoms with Gasteiger partial charge in [0.15, 0.2) is 0 Å². The van der Waals surface area contributed by atoms with Gasteiger partial charge in [-0.1, -0.05) is 11.6 Å². The fourth-order valence-electron chi connectivity index (χ4n) is 3.78. The van der Waals surface area contributed by atoms with Gasteiger partial charge in [-0.25, -0.2) is 4.98 Å². The van der Waals surface area contributed by atoms with Crippen LogP contribution >= 0.6 is 11.6 Å². The molecule has 0 saturated carbocycles. The maximum atomic E-state index is 12.6. The molecule has 146 valence electrons. The summed E-state index contributed by atoms with van der Waals surface area (Å²) in [7, 11) is 0. The third kappa shape index (κ3) is 3.97. The van der Waals surface area contributed by atoms with Crippen LogP contribution in [0.25, 0.3) is 10.9 Å². The molecule has 0 atom stereocenters. The first-order chi connectivity index (χ1) is 13.6. The summed E-state index contributed by atoms with van der Waals surface area (Å²) in [6.07, 6.45) is 7.00. The van der Waals surface area contributed by atoms with Crippen LogP contribution in [-0.2, 0) is 11.3 Å². The van der Waals surface area contributed by atoms with Crippen molar-refractivity contribution in [3.8, 4) is 0 Å². The number of hydrogen-bond donors (Lipinski definition) is 0. The zero-order chi connectivity index (χ0) is 19.5. The lowest BCUT2D eigenvalue weighted by molar-refractivity contribution is -0.131. The number of pyridine rings is 1. The number of carbonyl (C=O) groups is 1. The summed E-state index contributed by atoms with van der Waals surface area (Å²) < 4.78 is 2.09. The number of aromatic nitrogens is 3. The van der Waals surface area contributed by atoms with Gasteiger partial charge in [-0.3, -0.25) is 9.78 Å². The Morgan fingerprint density at radius 1 is 1.11 bits per heavy atom. The third-order valence-corrected chi connectivity index (χ3v) is 5.60. The first-order valence-corrected chi connectivity index (χ1v) is 10.0. The second-order valence-corrected chi connectivity index (χ2v) is 7.57. The molecule has 0 spiro atoms. The molecule has 28 heavy (non-hydrogen) atoms. The SMILES string of the molecule is Cc1nccn1CCCC(=O)N1CCN(c2ccnc3cc(Cl)ccc23)CC1. The Morgan fingerprint density at radius 2 is 1.93 bits per heavy atom. The van der Waals surface area contributed by atoms with Gasteiger partial charge < -0.3 is 14.4 Å². The summed E-state index contributed by atoms with van der Waals surface area (Å²) in [6.45, 7) is 5.98. The maximum absolute atomic E-state index is 12.6. The summed E-state index contributed by atoms with van der Waals surface area (Å²) in [5.41, 5.74) is 2.06. The summed E-state index contributed by atoms with van der Waals surface area (Å²) in [4.78, 5) is 25.5. The molecule has 1 aliphatic heterocycles. The van der Waals surface area contributed by atoms with Crippen molar-refractivity contribution >= 4 is 34.1 Å². The minimum Gasteiger partial charge on any atom is -0.367 e. The van der Waals surface area contributed by atoms with Gasteiger partial charge >= 0.3 is 0 Å². The van der Waals surface area contributed by atoms with Crippen molar-refractivity contribution in [2.24, 2.45) is 0 Å². The van der Waals surface area contributed by atoms with E-state index in [-0.39, 0.29) is 5.91 Å². The van der Waals surface area contributed by atoms with Crippen LogP contribution in [0.2, 0.25) is 5.02 Å². The van der Waals surface area contributed by atoms with Crippen LogP contribution in [0.3, 0.4) is 0 Å². The van der Waals surface area contributed by atoms with Crippen LogP contribution in [0.5, 0.6) is 0 Å². The molecule has 0 bridgehead atoms. The number of rotatable bonds is 5. The van der Waals surface area contributed by atoms with Crippen molar-refractivity contribution in [3.63, 3.8) is 0 Å². The number of imidazole rings is 1. The summed E-state index contributed by atoms with van der Waals surface area (Å²) in [6, 6.07) is 7.86. The molecule has 6 nitrogen and oxygen atoms in total. The molecule has 2 aromatic heterocycles. The number of hydrogen-bond acceptors (Lipinski definition) is 4. The number of fused-ring (bicyclic) bond motifs is 1. The van der Waals surface area contributed by atoms with Crippen LogP contribution in [0, 0.1) is 6.92 Å². The minimum absolute atomic E-state index is 0.240. The van der Waals surface area contributed by atoms with Gasteiger partial charge in [0.1, 0.15) is 5.82 Å². The van der Waals surface area contributed by atoms with E-state index in [0.717, 1.165) is 61.6 Å². The highest BCUT2D eigenvalue weighted by molar-refractivity contribution is 6.31. The lowest BCUT2D eigenvalue weighted by Crippen LogP contribution is -2.48. The van der Waals surface area contributed by atoms with Gasteiger partial charge in [0.05, 0.1) is 5.52 Å². The zero-order valence-electron chi connectivity index (χ0n) is 16.0. The van der Waals surface area contributed by atoms with Crippen LogP contribution in [0.4, 0.5) is 5.69 Å². The topological polar surface area (TPSA) is 54.3 Å². The Labute approximate surface area is 169 Å². The molecular weight excluding hydrogens is 374 g/mol. The van der Waals surface area contributed by atoms with Gasteiger partial charge in [0.2, 0.25) is 5.91 Å². The maximum Gasteiger partial charge on any atom is 0.222 e. The Morgan fingerprint density at radius 3 is 2.68 bits per heavy atom. The smallest absolute Gasteiger partial charge is 0.222 e. The van der Waals surface area contributed by atoms with E-state index in [9.17, 15) is 4.79 Å². The fraction of sp³-hybridized carbons (Fsp3) is 0.381. The van der Waals surface area contributed by atoms with Crippen molar-refractivity contribution < 1.29 is 4.79 Å². The largest absolute Gasteiger partial charge is 0.367 e. The van der Waals surface area contributed by atoms with Crippen LogP contribution in [0.1, 0.15) is 18.7 Å². The first-order valence-electron chi connectivity index (χ1n) is 9.66. The Balaban J connectivity index is 1.33. The first kappa shape index (κ1) is 18.7. The Hall–Kier alpha value is -2.60. The number of carbonyl (C=O) groups excluding carboxylic acids is 1. The minimum atomic E-state index is 0.240. The standard InChI is InChI=1S/C21H24ClN5O/c1-16-23-8-10-25(16)9-2-3-21(28)27-13-11-26(12-14-27)20-6-7-24-19-15-17(22)4-5-18(19)20/h4-8,10,15H,2-3,9,11-14H2,1H3. The van der Waals surface area contributed by atoms with E-state index < -0.39 is 0 Å². The molecule has 3 heterocycles. The van der Waals surface area contributed by atoms with Crippen LogP contribution in [-0.4, -0.2) is 51.5 Å². The lowest BCUT2D eigenvalue weighted by atomic mass is 10.1. The molecule has 1 amide bonds. The number of aryl methyl sites for hydroxylation is 2. The van der Waals surface area contributed by atoms with E-state index in [2.05, 4.69) is 19.4 Å². The second-order valence-electron chi connectivity index (χ2n) is 7.13. The highest BCUT2D eigenvalue weighted by atomic mass is 35.5. The van der Waals surface area contributed by atoms with Gasteiger partial charge in [-0.2, -0.15) is 0 Å². The Bertz CT molecular complexity index is 978. The Kier molecular flexibility index (Phi) is 5.48. The summed E-state index contributed by atoms with van der Waals surface area (Å²) in [5.74, 6) is 1.23. The summed E-state index contributed by atoms with van der Waals surface area (Å²) >= 11 is 6.09. The van der Waals surface area contributed by atoms with E-state index in [1.54, 1.807) is 6.20 Å². The number of anilines is 1. The predicted octanol–water partition coefficient (Wildman–Crippen LogP) is 3.52. The third-order valence-electron chi connectivity index (χ3n) is 5.37. The molecule has 1 fully saturated rings. The van der Waals surface area contributed by atoms with Gasteiger partial charge in [0, 0.05) is 73.8 Å². The van der Waals surface area contributed by atoms with Gasteiger partial charge in [0.25, 0.3) is 0 Å². The predicted molar refractivity (Wildman–Crippen MR) is 112 cm³/mol. The van der Waals surface area contributed by atoms with E-state index >= 15 is 0 Å². The van der Waals surface area contributed by atoms with E-state index in [1.165, 1.54) is 0 Å². The number of halogens is 1. The molecule has 0 radical (unpaired) electrons. The zero-order valence-corrected chi connectivity index (χ0v) is 16.8. The molecule has 1 aliphatic rings. The van der Waals surface area contributed by atoms with Crippen molar-refractivity contribution in [1.82, 2.24) is 19.4 Å². The number of benzene rings is 1. The van der Waals surface area contributed by atoms with E-state index in [4.69, 9.17) is 11.6 Å². The quantitative estimate of drug-likeness (QED) is 0.661. The molecule has 0 N–H and O–H groups in total. The molecule has 1 saturated heterocycles. The van der Waals surface area contributed by atoms with Gasteiger partial charge in [-0.05, 0) is 37.6 Å². The monoisotopic (exact) mass is 397 g/mol. The van der Waals surface area contributed by atoms with Crippen LogP contribution in [0.15, 0.2) is 42.9 Å². The van der Waals surface area contributed by atoms with Crippen LogP contribution < -0.4 is 4.90 Å². The van der Waals surface area contributed by atoms with Crippen molar-refractivity contribution in [2.45, 2.75) is 26.3 Å². The van der Waals surface area contributed by atoms with E-state index in [1.807, 2.05) is 48.5 Å². The van der Waals surface area contributed by atoms with Crippen molar-refractivity contribution in [3.05, 3.63) is 53.7 Å². The molecule has 3 aromatic rings. The second kappa shape index (κ2) is 8.19. The number of piperazine rings is 1. The molecule has 0 unspecified atom stereocenters. The number of amides is 1. The van der Waals surface area contributed by atoms with Crippen molar-refractivity contribution in [2.75, 3.05) is 31.1 Å². The lowest BCUT2D eigenvalue weighted by Gasteiger charge is -2.36. The molecule has 4 rings (SSSR count). The van der Waals surface area contributed by atoms with Crippen molar-refractivity contribution in [1.29, 1.82) is 0 Å². The van der Waals surface area contributed by atoms with E-state index in [0.29, 0.717) is 11.4 Å². The average Bonchev–Trinajstić information content (AvgIpc) is 3.12. The normalized spacial score (nSPS) is 14.6. The molecule has 1 aromatic carbocycles. The highest BCUT2D eigenvalue weighted by Gasteiger charge is 2.22. The molecule has 7 heteroatoms. The number of nitrogens with zero attached hydrogens (tertiary/aromatic N) is 5. The fourth-order valence-corrected chi connectivity index (χ4v) is 3.94. The summed E-state index contributed by atoms with van der Waals surface area (Å²) in [5, 5.41) is 1.79. The average molecular weight is 398 g/mol. The highest BCUT2D eigenvalue weighted by Crippen LogP contribution is 2.28. The molecule has 0 aliphatic carbocycles.